The molecule has 2 N–H and O–H groups in total. The number of aryl methyl sites for hydroxylation is 3. The molecule has 28 heavy (non-hydrogen) atoms. The number of fused-ring (bicyclic) bond motifs is 1. The van der Waals surface area contributed by atoms with Crippen molar-refractivity contribution < 1.29 is 15.0 Å². The summed E-state index contributed by atoms with van der Waals surface area (Å²) in [5, 5.41) is 19.6. The number of hydrogen-bond acceptors (Lipinski definition) is 4. The van der Waals surface area contributed by atoms with Crippen LogP contribution < -0.4 is 4.90 Å². The Morgan fingerprint density at radius 1 is 1.04 bits per heavy atom. The Kier molecular flexibility index (Phi) is 4.51. The highest BCUT2D eigenvalue weighted by molar-refractivity contribution is 6.08. The molecule has 0 saturated heterocycles. The zero-order valence-corrected chi connectivity index (χ0v) is 15.9. The summed E-state index contributed by atoms with van der Waals surface area (Å²) < 4.78 is 0. The van der Waals surface area contributed by atoms with Gasteiger partial charge in [-0.25, -0.2) is 0 Å². The minimum atomic E-state index is -0.268. The molecule has 1 aromatic heterocycles. The van der Waals surface area contributed by atoms with Gasteiger partial charge in [0.15, 0.2) is 0 Å². The van der Waals surface area contributed by atoms with Crippen molar-refractivity contribution in [1.29, 1.82) is 0 Å². The van der Waals surface area contributed by atoms with Crippen LogP contribution in [0, 0.1) is 13.8 Å². The number of aromatic nitrogens is 1. The molecule has 3 aromatic rings. The van der Waals surface area contributed by atoms with Gasteiger partial charge in [-0.2, -0.15) is 0 Å². The van der Waals surface area contributed by atoms with Crippen LogP contribution in [0.2, 0.25) is 0 Å². The van der Waals surface area contributed by atoms with Crippen LogP contribution in [0.1, 0.15) is 33.6 Å². The molecule has 5 heteroatoms. The zero-order chi connectivity index (χ0) is 19.8. The van der Waals surface area contributed by atoms with Gasteiger partial charge < -0.3 is 15.1 Å². The maximum absolute atomic E-state index is 13.0. The van der Waals surface area contributed by atoms with Gasteiger partial charge in [-0.3, -0.25) is 9.78 Å². The number of nitrogens with zero attached hydrogens (tertiary/aromatic N) is 2. The van der Waals surface area contributed by atoms with Crippen molar-refractivity contribution in [2.45, 2.75) is 26.7 Å². The summed E-state index contributed by atoms with van der Waals surface area (Å²) >= 11 is 0. The van der Waals surface area contributed by atoms with Crippen LogP contribution in [0.15, 0.2) is 48.5 Å². The van der Waals surface area contributed by atoms with E-state index >= 15 is 0 Å². The van der Waals surface area contributed by atoms with Gasteiger partial charge >= 0.3 is 0 Å². The molecule has 0 spiro atoms. The second-order valence-corrected chi connectivity index (χ2v) is 7.22. The van der Waals surface area contributed by atoms with Crippen LogP contribution in [0.4, 0.5) is 5.69 Å². The van der Waals surface area contributed by atoms with Crippen molar-refractivity contribution in [2.75, 3.05) is 11.4 Å². The first kappa shape index (κ1) is 18.0. The molecule has 0 saturated carbocycles. The standard InChI is InChI=1S/C23H22N2O3/c1-14-5-6-15(2)24-22(14)17-7-10-20-16(12-17)4-3-11-25(20)23(28)19-9-8-18(26)13-21(19)27/h5-10,12-13,26-27H,3-4,11H2,1-2H3. The fraction of sp³-hybridized carbons (Fsp3) is 0.217. The van der Waals surface area contributed by atoms with Crippen molar-refractivity contribution >= 4 is 11.6 Å². The number of phenolic OH excluding ortho intramolecular Hbond substituents is 2. The van der Waals surface area contributed by atoms with E-state index in [0.717, 1.165) is 46.6 Å². The normalized spacial score (nSPS) is 13.3. The number of rotatable bonds is 2. The quantitative estimate of drug-likeness (QED) is 0.699. The highest BCUT2D eigenvalue weighted by atomic mass is 16.3. The monoisotopic (exact) mass is 374 g/mol. The molecule has 2 aromatic carbocycles. The summed E-state index contributed by atoms with van der Waals surface area (Å²) in [6, 6.07) is 14.2. The predicted molar refractivity (Wildman–Crippen MR) is 109 cm³/mol. The van der Waals surface area contributed by atoms with Crippen molar-refractivity contribution in [3.63, 3.8) is 0 Å². The molecule has 0 unspecified atom stereocenters. The highest BCUT2D eigenvalue weighted by Crippen LogP contribution is 2.34. The number of carbonyl (C=O) groups excluding carboxylic acids is 1. The molecule has 4 rings (SSSR count). The first-order valence-electron chi connectivity index (χ1n) is 9.35. The van der Waals surface area contributed by atoms with Crippen molar-refractivity contribution in [3.8, 4) is 22.8 Å². The molecule has 1 amide bonds. The van der Waals surface area contributed by atoms with Crippen LogP contribution in [0.25, 0.3) is 11.3 Å². The lowest BCUT2D eigenvalue weighted by Crippen LogP contribution is -2.35. The topological polar surface area (TPSA) is 73.7 Å². The molecule has 0 fully saturated rings. The van der Waals surface area contributed by atoms with Crippen LogP contribution in [0.3, 0.4) is 0 Å². The first-order chi connectivity index (χ1) is 13.4. The number of hydrogen-bond donors (Lipinski definition) is 2. The Bertz CT molecular complexity index is 1080. The van der Waals surface area contributed by atoms with E-state index in [0.29, 0.717) is 6.54 Å². The van der Waals surface area contributed by atoms with Gasteiger partial charge in [0, 0.05) is 29.6 Å². The fourth-order valence-electron chi connectivity index (χ4n) is 3.72. The summed E-state index contributed by atoms with van der Waals surface area (Å²) in [5.74, 6) is -0.553. The third-order valence-electron chi connectivity index (χ3n) is 5.16. The SMILES string of the molecule is Cc1ccc(C)c(-c2ccc3c(c2)CCCN3C(=O)c2ccc(O)cc2O)n1. The van der Waals surface area contributed by atoms with E-state index < -0.39 is 0 Å². The number of phenols is 2. The van der Waals surface area contributed by atoms with Crippen LogP contribution in [-0.4, -0.2) is 27.6 Å². The molecule has 1 aliphatic heterocycles. The average Bonchev–Trinajstić information content (AvgIpc) is 2.68. The second-order valence-electron chi connectivity index (χ2n) is 7.22. The Morgan fingerprint density at radius 2 is 1.86 bits per heavy atom. The molecule has 0 radical (unpaired) electrons. The van der Waals surface area contributed by atoms with Gasteiger partial charge in [0.1, 0.15) is 11.5 Å². The number of benzene rings is 2. The largest absolute Gasteiger partial charge is 0.508 e. The van der Waals surface area contributed by atoms with E-state index in [-0.39, 0.29) is 23.0 Å². The van der Waals surface area contributed by atoms with E-state index in [1.54, 1.807) is 4.90 Å². The third kappa shape index (κ3) is 3.20. The second kappa shape index (κ2) is 7.00. The fourth-order valence-corrected chi connectivity index (χ4v) is 3.72. The Labute approximate surface area is 163 Å². The molecule has 142 valence electrons. The molecule has 5 nitrogen and oxygen atoms in total. The summed E-state index contributed by atoms with van der Waals surface area (Å²) in [6.45, 7) is 4.61. The molecule has 2 heterocycles. The van der Waals surface area contributed by atoms with Crippen molar-refractivity contribution in [1.82, 2.24) is 4.98 Å². The van der Waals surface area contributed by atoms with Gasteiger partial charge in [-0.1, -0.05) is 12.1 Å². The number of carbonyl (C=O) groups is 1. The van der Waals surface area contributed by atoms with Gasteiger partial charge in [-0.05, 0) is 68.1 Å². The lowest BCUT2D eigenvalue weighted by atomic mass is 9.96. The van der Waals surface area contributed by atoms with Crippen LogP contribution in [-0.2, 0) is 6.42 Å². The third-order valence-corrected chi connectivity index (χ3v) is 5.16. The Hall–Kier alpha value is -3.34. The van der Waals surface area contributed by atoms with Gasteiger partial charge in [0.25, 0.3) is 5.91 Å². The molecular weight excluding hydrogens is 352 g/mol. The lowest BCUT2D eigenvalue weighted by Gasteiger charge is -2.30. The Balaban J connectivity index is 1.72. The van der Waals surface area contributed by atoms with Gasteiger partial charge in [0.2, 0.25) is 0 Å². The van der Waals surface area contributed by atoms with E-state index in [4.69, 9.17) is 0 Å². The molecular formula is C23H22N2O3. The zero-order valence-electron chi connectivity index (χ0n) is 15.9. The molecule has 1 aliphatic rings. The molecule has 0 aliphatic carbocycles. The van der Waals surface area contributed by atoms with E-state index in [2.05, 4.69) is 17.1 Å². The minimum absolute atomic E-state index is 0.0706. The van der Waals surface area contributed by atoms with E-state index in [1.165, 1.54) is 18.2 Å². The predicted octanol–water partition coefficient (Wildman–Crippen LogP) is 4.37. The summed E-state index contributed by atoms with van der Waals surface area (Å²) in [6.07, 6.45) is 1.74. The van der Waals surface area contributed by atoms with E-state index in [9.17, 15) is 15.0 Å². The summed E-state index contributed by atoms with van der Waals surface area (Å²) in [5.41, 5.74) is 6.23. The molecule has 0 bridgehead atoms. The van der Waals surface area contributed by atoms with Crippen molar-refractivity contribution in [2.24, 2.45) is 0 Å². The summed E-state index contributed by atoms with van der Waals surface area (Å²) in [4.78, 5) is 19.4. The lowest BCUT2D eigenvalue weighted by molar-refractivity contribution is 0.0982. The molecule has 0 atom stereocenters. The minimum Gasteiger partial charge on any atom is -0.508 e. The average molecular weight is 374 g/mol. The van der Waals surface area contributed by atoms with Crippen molar-refractivity contribution in [3.05, 3.63) is 70.9 Å². The number of anilines is 1. The Morgan fingerprint density at radius 3 is 2.64 bits per heavy atom. The first-order valence-corrected chi connectivity index (χ1v) is 9.35. The smallest absolute Gasteiger partial charge is 0.262 e. The van der Waals surface area contributed by atoms with Gasteiger partial charge in [0.05, 0.1) is 11.3 Å². The number of pyridine rings is 1. The highest BCUT2D eigenvalue weighted by Gasteiger charge is 2.26. The van der Waals surface area contributed by atoms with Crippen LogP contribution >= 0.6 is 0 Å². The van der Waals surface area contributed by atoms with E-state index in [1.807, 2.05) is 32.0 Å². The van der Waals surface area contributed by atoms with Gasteiger partial charge in [-0.15, -0.1) is 0 Å². The summed E-state index contributed by atoms with van der Waals surface area (Å²) in [7, 11) is 0. The number of amides is 1. The maximum atomic E-state index is 13.0. The maximum Gasteiger partial charge on any atom is 0.262 e. The number of aromatic hydroxyl groups is 2. The van der Waals surface area contributed by atoms with Crippen LogP contribution in [0.5, 0.6) is 11.5 Å².